The molecule has 34 heavy (non-hydrogen) atoms. The minimum atomic E-state index is -0.432. The van der Waals surface area contributed by atoms with Gasteiger partial charge in [0.25, 0.3) is 0 Å². The number of ketones is 1. The number of ether oxygens (including phenoxy) is 1. The van der Waals surface area contributed by atoms with Crippen molar-refractivity contribution in [2.24, 2.45) is 39.4 Å². The Morgan fingerprint density at radius 3 is 2.29 bits per heavy atom. The third-order valence-electron chi connectivity index (χ3n) is 12.2. The zero-order valence-electron chi connectivity index (χ0n) is 22.8. The molecule has 4 nitrogen and oxygen atoms in total. The van der Waals surface area contributed by atoms with Crippen LogP contribution < -0.4 is 0 Å². The molecule has 2 N–H and O–H groups in total. The highest BCUT2D eigenvalue weighted by atomic mass is 16.6. The molecule has 0 aromatic heterocycles. The van der Waals surface area contributed by atoms with Crippen molar-refractivity contribution < 1.29 is 19.7 Å². The average molecular weight is 473 g/mol. The molecule has 0 spiro atoms. The lowest BCUT2D eigenvalue weighted by Crippen LogP contribution is -2.65. The summed E-state index contributed by atoms with van der Waals surface area (Å²) in [4.78, 5) is 12.9. The Balaban J connectivity index is 1.47. The lowest BCUT2D eigenvalue weighted by atomic mass is 9.36. The van der Waals surface area contributed by atoms with Crippen molar-refractivity contribution in [2.75, 3.05) is 0 Å². The van der Waals surface area contributed by atoms with Gasteiger partial charge in [-0.2, -0.15) is 0 Å². The van der Waals surface area contributed by atoms with E-state index in [0.717, 1.165) is 44.9 Å². The van der Waals surface area contributed by atoms with Crippen LogP contribution in [0.5, 0.6) is 0 Å². The first-order valence-corrected chi connectivity index (χ1v) is 13.9. The molecule has 192 valence electrons. The highest BCUT2D eigenvalue weighted by Crippen LogP contribution is 2.74. The summed E-state index contributed by atoms with van der Waals surface area (Å²) < 4.78 is 5.72. The van der Waals surface area contributed by atoms with Crippen molar-refractivity contribution in [1.29, 1.82) is 0 Å². The summed E-state index contributed by atoms with van der Waals surface area (Å²) in [5, 5.41) is 22.6. The van der Waals surface area contributed by atoms with E-state index >= 15 is 0 Å². The van der Waals surface area contributed by atoms with E-state index in [1.54, 1.807) is 0 Å². The first-order valence-electron chi connectivity index (χ1n) is 13.9. The van der Waals surface area contributed by atoms with Crippen molar-refractivity contribution in [3.8, 4) is 0 Å². The van der Waals surface area contributed by atoms with Gasteiger partial charge in [0.15, 0.2) is 0 Å². The van der Waals surface area contributed by atoms with E-state index in [0.29, 0.717) is 24.0 Å². The molecular formula is C30H48O4. The van der Waals surface area contributed by atoms with Crippen LogP contribution in [0.1, 0.15) is 107 Å². The Morgan fingerprint density at radius 2 is 1.68 bits per heavy atom. The van der Waals surface area contributed by atoms with Crippen LogP contribution in [0.4, 0.5) is 0 Å². The van der Waals surface area contributed by atoms with E-state index in [-0.39, 0.29) is 45.4 Å². The first kappa shape index (κ1) is 25.0. The number of aliphatic hydroxyl groups excluding tert-OH is 2. The fraction of sp³-hybridized carbons (Fsp3) is 0.900. The topological polar surface area (TPSA) is 70.1 Å². The van der Waals surface area contributed by atoms with Crippen LogP contribution in [0.25, 0.3) is 0 Å². The molecule has 1 aliphatic heterocycles. The zero-order valence-corrected chi connectivity index (χ0v) is 22.8. The summed E-state index contributed by atoms with van der Waals surface area (Å²) in [5.41, 5.74) is 2.59. The summed E-state index contributed by atoms with van der Waals surface area (Å²) in [6.07, 6.45) is 6.59. The van der Waals surface area contributed by atoms with E-state index in [4.69, 9.17) is 4.74 Å². The van der Waals surface area contributed by atoms with Gasteiger partial charge in [-0.25, -0.2) is 0 Å². The fourth-order valence-electron chi connectivity index (χ4n) is 10.1. The van der Waals surface area contributed by atoms with Gasteiger partial charge in [0.1, 0.15) is 11.9 Å². The number of epoxide rings is 1. The molecule has 1 heterocycles. The highest BCUT2D eigenvalue weighted by Gasteiger charge is 2.69. The van der Waals surface area contributed by atoms with Crippen LogP contribution in [0, 0.1) is 39.4 Å². The molecule has 4 heteroatoms. The summed E-state index contributed by atoms with van der Waals surface area (Å²) in [7, 11) is 0. The zero-order chi connectivity index (χ0) is 25.1. The maximum absolute atomic E-state index is 12.9. The Labute approximate surface area is 206 Å². The molecule has 0 aromatic carbocycles. The number of allylic oxidation sites excluding steroid dienone is 1. The third kappa shape index (κ3) is 3.16. The van der Waals surface area contributed by atoms with Crippen molar-refractivity contribution in [3.05, 3.63) is 11.1 Å². The van der Waals surface area contributed by atoms with E-state index in [1.807, 2.05) is 0 Å². The number of aliphatic hydroxyl groups is 2. The fourth-order valence-corrected chi connectivity index (χ4v) is 10.1. The summed E-state index contributed by atoms with van der Waals surface area (Å²) in [5.74, 6) is 1.28. The Bertz CT molecular complexity index is 917. The van der Waals surface area contributed by atoms with Gasteiger partial charge in [-0.1, -0.05) is 52.7 Å². The molecule has 4 fully saturated rings. The Morgan fingerprint density at radius 1 is 1.03 bits per heavy atom. The second kappa shape index (κ2) is 7.42. The molecule has 0 bridgehead atoms. The SMILES string of the molecule is C[C@H](C[C@H](O)[C@H]1OC1(C)C)C1=C2C[C@H](O)[C@H]3[C@@]4(C)CCC(=O)C(C)(C)[C@H]4CC[C@@]3(C)[C@]2(C)CC1. The van der Waals surface area contributed by atoms with Crippen molar-refractivity contribution >= 4 is 5.78 Å². The molecule has 0 radical (unpaired) electrons. The van der Waals surface area contributed by atoms with Crippen LogP contribution in [0.3, 0.4) is 0 Å². The molecule has 5 aliphatic rings. The molecule has 4 aliphatic carbocycles. The van der Waals surface area contributed by atoms with Crippen LogP contribution >= 0.6 is 0 Å². The van der Waals surface area contributed by atoms with Crippen LogP contribution in [0.15, 0.2) is 11.1 Å². The number of rotatable bonds is 4. The molecule has 0 amide bonds. The number of hydrogen-bond acceptors (Lipinski definition) is 4. The Hall–Kier alpha value is -0.710. The van der Waals surface area contributed by atoms with Gasteiger partial charge in [-0.15, -0.1) is 0 Å². The maximum atomic E-state index is 12.9. The third-order valence-corrected chi connectivity index (χ3v) is 12.2. The quantitative estimate of drug-likeness (QED) is 0.398. The Kier molecular flexibility index (Phi) is 5.44. The predicted molar refractivity (Wildman–Crippen MR) is 134 cm³/mol. The van der Waals surface area contributed by atoms with E-state index < -0.39 is 6.10 Å². The lowest BCUT2D eigenvalue weighted by molar-refractivity contribution is -0.208. The second-order valence-corrected chi connectivity index (χ2v) is 14.6. The molecule has 3 saturated carbocycles. The minimum absolute atomic E-state index is 0.00216. The van der Waals surface area contributed by atoms with Crippen molar-refractivity contribution in [1.82, 2.24) is 0 Å². The van der Waals surface area contributed by atoms with Gasteiger partial charge in [0.05, 0.1) is 17.8 Å². The highest BCUT2D eigenvalue weighted by molar-refractivity contribution is 5.85. The van der Waals surface area contributed by atoms with E-state index in [2.05, 4.69) is 55.4 Å². The number of fused-ring (bicyclic) bond motifs is 5. The summed E-state index contributed by atoms with van der Waals surface area (Å²) >= 11 is 0. The van der Waals surface area contributed by atoms with E-state index in [9.17, 15) is 15.0 Å². The molecule has 1 saturated heterocycles. The van der Waals surface area contributed by atoms with Crippen LogP contribution in [-0.2, 0) is 9.53 Å². The molecule has 0 unspecified atom stereocenters. The van der Waals surface area contributed by atoms with Crippen molar-refractivity contribution in [2.45, 2.75) is 131 Å². The van der Waals surface area contributed by atoms with E-state index in [1.165, 1.54) is 11.1 Å². The largest absolute Gasteiger partial charge is 0.392 e. The van der Waals surface area contributed by atoms with Gasteiger partial charge < -0.3 is 14.9 Å². The van der Waals surface area contributed by atoms with Gasteiger partial charge in [0.2, 0.25) is 0 Å². The molecule has 0 aromatic rings. The second-order valence-electron chi connectivity index (χ2n) is 14.6. The first-order chi connectivity index (χ1) is 15.6. The molecule has 5 rings (SSSR count). The normalized spacial score (nSPS) is 48.6. The van der Waals surface area contributed by atoms with Crippen LogP contribution in [-0.4, -0.2) is 39.9 Å². The molecule has 9 atom stereocenters. The minimum Gasteiger partial charge on any atom is -0.392 e. The average Bonchev–Trinajstić information content (AvgIpc) is 3.23. The van der Waals surface area contributed by atoms with Gasteiger partial charge >= 0.3 is 0 Å². The number of Topliss-reactive ketones (excluding diaryl/α,β-unsaturated/α-hetero) is 1. The lowest BCUT2D eigenvalue weighted by Gasteiger charge is -2.69. The summed E-state index contributed by atoms with van der Waals surface area (Å²) in [6.45, 7) is 18.0. The van der Waals surface area contributed by atoms with Gasteiger partial charge in [-0.3, -0.25) is 4.79 Å². The van der Waals surface area contributed by atoms with Gasteiger partial charge in [-0.05, 0) is 92.8 Å². The smallest absolute Gasteiger partial charge is 0.138 e. The van der Waals surface area contributed by atoms with Gasteiger partial charge in [0, 0.05) is 11.8 Å². The number of carbonyl (C=O) groups is 1. The molecular weight excluding hydrogens is 424 g/mol. The van der Waals surface area contributed by atoms with Crippen LogP contribution in [0.2, 0.25) is 0 Å². The summed E-state index contributed by atoms with van der Waals surface area (Å²) in [6, 6.07) is 0. The maximum Gasteiger partial charge on any atom is 0.138 e. The predicted octanol–water partition coefficient (Wildman–Crippen LogP) is 5.84. The monoisotopic (exact) mass is 472 g/mol. The van der Waals surface area contributed by atoms with Crippen molar-refractivity contribution in [3.63, 3.8) is 0 Å². The number of carbonyl (C=O) groups excluding carboxylic acids is 1. The number of hydrogen-bond donors (Lipinski definition) is 2. The standard InChI is InChI=1S/C30H48O4/c1-17(15-21(32)25-27(4,5)34-25)18-9-13-29(7)19(18)16-20(31)24-28(6)12-11-23(33)26(2,3)22(28)10-14-30(24,29)8/h17,20-22,24-25,31-32H,9-16H2,1-8H3/t17-,20+,21+,22-,24+,25-,28+,29-,30-/m1/s1.